The molecule has 0 bridgehead atoms. The summed E-state index contributed by atoms with van der Waals surface area (Å²) in [5, 5.41) is 19.4. The van der Waals surface area contributed by atoms with Gasteiger partial charge in [0.2, 0.25) is 5.75 Å². The van der Waals surface area contributed by atoms with Crippen LogP contribution in [-0.2, 0) is 0 Å². The summed E-state index contributed by atoms with van der Waals surface area (Å²) < 4.78 is 15.9. The maximum Gasteiger partial charge on any atom is 0.383 e. The molecule has 2 rings (SSSR count). The third-order valence-electron chi connectivity index (χ3n) is 3.41. The van der Waals surface area contributed by atoms with Crippen LogP contribution in [-0.4, -0.2) is 30.0 Å². The molecule has 6 heteroatoms. The van der Waals surface area contributed by atoms with Crippen molar-refractivity contribution in [3.63, 3.8) is 0 Å². The molecule has 0 amide bonds. The SMILES string of the molecule is CCCCCCOc1c(O)c2cc(OCCO)ccc2oc1=O. The van der Waals surface area contributed by atoms with E-state index in [0.717, 1.165) is 25.7 Å². The van der Waals surface area contributed by atoms with Crippen molar-refractivity contribution in [3.05, 3.63) is 28.6 Å². The largest absolute Gasteiger partial charge is 0.504 e. The fourth-order valence-corrected chi connectivity index (χ4v) is 2.23. The third-order valence-corrected chi connectivity index (χ3v) is 3.41. The van der Waals surface area contributed by atoms with E-state index in [2.05, 4.69) is 6.92 Å². The lowest BCUT2D eigenvalue weighted by Crippen LogP contribution is -2.09. The summed E-state index contributed by atoms with van der Waals surface area (Å²) >= 11 is 0. The predicted octanol–water partition coefficient (Wildman–Crippen LogP) is 2.83. The highest BCUT2D eigenvalue weighted by Gasteiger charge is 2.16. The topological polar surface area (TPSA) is 89.1 Å². The molecule has 0 radical (unpaired) electrons. The Hall–Kier alpha value is -2.21. The van der Waals surface area contributed by atoms with E-state index in [1.54, 1.807) is 12.1 Å². The van der Waals surface area contributed by atoms with Crippen LogP contribution >= 0.6 is 0 Å². The lowest BCUT2D eigenvalue weighted by Gasteiger charge is -2.10. The second-order valence-corrected chi connectivity index (χ2v) is 5.21. The molecule has 0 aliphatic carbocycles. The van der Waals surface area contributed by atoms with E-state index >= 15 is 0 Å². The molecule has 2 aromatic rings. The van der Waals surface area contributed by atoms with Crippen LogP contribution in [0.25, 0.3) is 11.0 Å². The van der Waals surface area contributed by atoms with Gasteiger partial charge in [-0.15, -0.1) is 0 Å². The van der Waals surface area contributed by atoms with E-state index in [9.17, 15) is 9.90 Å². The molecule has 1 aromatic heterocycles. The standard InChI is InChI=1S/C17H22O6/c1-2-3-4-5-9-22-16-15(19)13-11-12(21-10-8-18)6-7-14(13)23-17(16)20/h6-7,11,18-19H,2-5,8-10H2,1H3. The second kappa shape index (κ2) is 8.43. The summed E-state index contributed by atoms with van der Waals surface area (Å²) in [5.41, 5.74) is -0.448. The minimum Gasteiger partial charge on any atom is -0.504 e. The summed E-state index contributed by atoms with van der Waals surface area (Å²) in [7, 11) is 0. The summed E-state index contributed by atoms with van der Waals surface area (Å²) in [6.45, 7) is 2.50. The van der Waals surface area contributed by atoms with Crippen molar-refractivity contribution in [2.75, 3.05) is 19.8 Å². The Morgan fingerprint density at radius 3 is 2.70 bits per heavy atom. The Morgan fingerprint density at radius 1 is 1.13 bits per heavy atom. The number of aromatic hydroxyl groups is 1. The molecule has 0 fully saturated rings. The normalized spacial score (nSPS) is 10.9. The number of hydrogen-bond donors (Lipinski definition) is 2. The molecule has 6 nitrogen and oxygen atoms in total. The van der Waals surface area contributed by atoms with Gasteiger partial charge in [0.25, 0.3) is 0 Å². The van der Waals surface area contributed by atoms with E-state index < -0.39 is 5.63 Å². The lowest BCUT2D eigenvalue weighted by molar-refractivity contribution is 0.201. The van der Waals surface area contributed by atoms with Crippen LogP contribution in [0.2, 0.25) is 0 Å². The van der Waals surface area contributed by atoms with Crippen molar-refractivity contribution in [2.24, 2.45) is 0 Å². The van der Waals surface area contributed by atoms with Gasteiger partial charge in [-0.05, 0) is 24.6 Å². The van der Waals surface area contributed by atoms with Gasteiger partial charge >= 0.3 is 5.63 Å². The highest BCUT2D eigenvalue weighted by Crippen LogP contribution is 2.33. The van der Waals surface area contributed by atoms with Gasteiger partial charge in [0, 0.05) is 0 Å². The molecule has 1 aromatic carbocycles. The first kappa shape index (κ1) is 17.1. The summed E-state index contributed by atoms with van der Waals surface area (Å²) in [5.74, 6) is 0.0408. The molecule has 0 saturated carbocycles. The molecular weight excluding hydrogens is 300 g/mol. The molecule has 0 aliphatic rings. The van der Waals surface area contributed by atoms with Crippen LogP contribution in [0.15, 0.2) is 27.4 Å². The average molecular weight is 322 g/mol. The molecular formula is C17H22O6. The predicted molar refractivity (Wildman–Crippen MR) is 86.4 cm³/mol. The number of aliphatic hydroxyl groups is 1. The van der Waals surface area contributed by atoms with E-state index in [1.807, 2.05) is 0 Å². The summed E-state index contributed by atoms with van der Waals surface area (Å²) in [6.07, 6.45) is 4.03. The monoisotopic (exact) mass is 322 g/mol. The summed E-state index contributed by atoms with van der Waals surface area (Å²) in [4.78, 5) is 11.9. The lowest BCUT2D eigenvalue weighted by atomic mass is 10.2. The van der Waals surface area contributed by atoms with Crippen molar-refractivity contribution in [2.45, 2.75) is 32.6 Å². The molecule has 0 atom stereocenters. The zero-order chi connectivity index (χ0) is 16.7. The van der Waals surface area contributed by atoms with Crippen molar-refractivity contribution in [3.8, 4) is 17.2 Å². The van der Waals surface area contributed by atoms with Gasteiger partial charge < -0.3 is 24.1 Å². The van der Waals surface area contributed by atoms with E-state index in [-0.39, 0.29) is 30.3 Å². The van der Waals surface area contributed by atoms with Crippen LogP contribution in [0, 0.1) is 0 Å². The van der Waals surface area contributed by atoms with Gasteiger partial charge in [-0.1, -0.05) is 26.2 Å². The molecule has 23 heavy (non-hydrogen) atoms. The van der Waals surface area contributed by atoms with Crippen LogP contribution < -0.4 is 15.1 Å². The number of unbranched alkanes of at least 4 members (excludes halogenated alkanes) is 3. The Labute approximate surface area is 134 Å². The van der Waals surface area contributed by atoms with Crippen molar-refractivity contribution >= 4 is 11.0 Å². The average Bonchev–Trinajstić information content (AvgIpc) is 2.55. The first-order valence-corrected chi connectivity index (χ1v) is 7.83. The highest BCUT2D eigenvalue weighted by atomic mass is 16.5. The zero-order valence-electron chi connectivity index (χ0n) is 13.2. The van der Waals surface area contributed by atoms with Gasteiger partial charge in [0.05, 0.1) is 18.6 Å². The Morgan fingerprint density at radius 2 is 1.96 bits per heavy atom. The number of hydrogen-bond acceptors (Lipinski definition) is 6. The third kappa shape index (κ3) is 4.39. The molecule has 0 saturated heterocycles. The Balaban J connectivity index is 2.21. The second-order valence-electron chi connectivity index (χ2n) is 5.21. The fraction of sp³-hybridized carbons (Fsp3) is 0.471. The first-order chi connectivity index (χ1) is 11.2. The molecule has 1 heterocycles. The van der Waals surface area contributed by atoms with Gasteiger partial charge in [0.15, 0.2) is 5.75 Å². The number of fused-ring (bicyclic) bond motifs is 1. The van der Waals surface area contributed by atoms with Crippen molar-refractivity contribution in [1.82, 2.24) is 0 Å². The molecule has 0 aliphatic heterocycles. The van der Waals surface area contributed by atoms with Gasteiger partial charge in [-0.2, -0.15) is 0 Å². The molecule has 0 spiro atoms. The number of benzene rings is 1. The molecule has 0 unspecified atom stereocenters. The maximum absolute atomic E-state index is 11.9. The van der Waals surface area contributed by atoms with E-state index in [4.69, 9.17) is 19.0 Å². The van der Waals surface area contributed by atoms with Crippen molar-refractivity contribution in [1.29, 1.82) is 0 Å². The first-order valence-electron chi connectivity index (χ1n) is 7.83. The quantitative estimate of drug-likeness (QED) is 0.545. The number of aliphatic hydroxyl groups excluding tert-OH is 1. The molecule has 2 N–H and O–H groups in total. The van der Waals surface area contributed by atoms with Crippen LogP contribution in [0.4, 0.5) is 0 Å². The van der Waals surface area contributed by atoms with Crippen LogP contribution in [0.5, 0.6) is 17.2 Å². The van der Waals surface area contributed by atoms with Crippen molar-refractivity contribution < 1.29 is 24.1 Å². The van der Waals surface area contributed by atoms with E-state index in [1.165, 1.54) is 6.07 Å². The Kier molecular flexibility index (Phi) is 6.29. The fourth-order valence-electron chi connectivity index (χ4n) is 2.23. The summed E-state index contributed by atoms with van der Waals surface area (Å²) in [6, 6.07) is 4.69. The molecule has 126 valence electrons. The number of ether oxygens (including phenoxy) is 2. The zero-order valence-corrected chi connectivity index (χ0v) is 13.2. The van der Waals surface area contributed by atoms with Crippen LogP contribution in [0.3, 0.4) is 0 Å². The van der Waals surface area contributed by atoms with Gasteiger partial charge in [0.1, 0.15) is 17.9 Å². The maximum atomic E-state index is 11.9. The number of rotatable bonds is 9. The smallest absolute Gasteiger partial charge is 0.383 e. The van der Waals surface area contributed by atoms with Gasteiger partial charge in [-0.25, -0.2) is 4.79 Å². The highest BCUT2D eigenvalue weighted by molar-refractivity contribution is 5.86. The minimum atomic E-state index is -0.700. The van der Waals surface area contributed by atoms with E-state index in [0.29, 0.717) is 17.7 Å². The minimum absolute atomic E-state index is 0.111. The van der Waals surface area contributed by atoms with Crippen LogP contribution in [0.1, 0.15) is 32.6 Å². The Bertz CT molecular complexity index is 691. The van der Waals surface area contributed by atoms with Gasteiger partial charge in [-0.3, -0.25) is 0 Å².